The summed E-state index contributed by atoms with van der Waals surface area (Å²) >= 11 is 9.31. The van der Waals surface area contributed by atoms with Crippen LogP contribution in [0.4, 0.5) is 5.69 Å². The molecule has 0 amide bonds. The van der Waals surface area contributed by atoms with Crippen molar-refractivity contribution in [2.24, 2.45) is 4.99 Å². The minimum absolute atomic E-state index is 0.348. The van der Waals surface area contributed by atoms with Gasteiger partial charge in [0.2, 0.25) is 11.5 Å². The summed E-state index contributed by atoms with van der Waals surface area (Å²) in [5, 5.41) is 0.418. The number of halogens is 2. The van der Waals surface area contributed by atoms with Crippen LogP contribution in [-0.2, 0) is 0 Å². The second-order valence-electron chi connectivity index (χ2n) is 3.68. The highest BCUT2D eigenvalue weighted by atomic mass is 79.9. The molecule has 0 fully saturated rings. The zero-order chi connectivity index (χ0) is 13.1. The number of aromatic nitrogens is 2. The Hall–Kier alpha value is -1.33. The first kappa shape index (κ1) is 13.1. The summed E-state index contributed by atoms with van der Waals surface area (Å²) in [4.78, 5) is 11.4. The second kappa shape index (κ2) is 5.54. The quantitative estimate of drug-likeness (QED) is 0.919. The highest BCUT2D eigenvalue weighted by molar-refractivity contribution is 9.10. The van der Waals surface area contributed by atoms with Crippen LogP contribution in [0.1, 0.15) is 5.56 Å². The van der Waals surface area contributed by atoms with E-state index in [1.165, 1.54) is 7.11 Å². The molecular formula is C12H11BrClN3O. The fourth-order valence-electron chi connectivity index (χ4n) is 1.48. The summed E-state index contributed by atoms with van der Waals surface area (Å²) in [7, 11) is 1.52. The second-order valence-corrected chi connectivity index (χ2v) is 5.00. The van der Waals surface area contributed by atoms with Crippen molar-refractivity contribution in [2.75, 3.05) is 7.11 Å². The van der Waals surface area contributed by atoms with Gasteiger partial charge in [0.05, 0.1) is 12.8 Å². The zero-order valence-corrected chi connectivity index (χ0v) is 12.2. The molecule has 2 rings (SSSR count). The number of hydrogen-bond donors (Lipinski definition) is 1. The number of nitrogens with one attached hydrogen (secondary N) is 1. The molecule has 6 heteroatoms. The molecular weight excluding hydrogens is 318 g/mol. The maximum Gasteiger partial charge on any atom is 0.237 e. The van der Waals surface area contributed by atoms with Crippen molar-refractivity contribution in [1.82, 2.24) is 9.97 Å². The summed E-state index contributed by atoms with van der Waals surface area (Å²) in [6.07, 6.45) is 1.59. The minimum Gasteiger partial charge on any atom is -0.480 e. The van der Waals surface area contributed by atoms with Crippen LogP contribution >= 0.6 is 27.5 Å². The Kier molecular flexibility index (Phi) is 4.04. The average molecular weight is 329 g/mol. The first-order valence-electron chi connectivity index (χ1n) is 5.19. The van der Waals surface area contributed by atoms with E-state index in [0.717, 1.165) is 15.7 Å². The number of aryl methyl sites for hydroxylation is 1. The Bertz CT molecular complexity index is 619. The standard InChI is InChI=1S/C12H11BrClN3O/c1-7-3-8(13)5-9(4-7)16-12-15-6-10(14)11(17-12)18-2/h3-6H,1-2H3,(H,15,16,17). The van der Waals surface area contributed by atoms with E-state index < -0.39 is 0 Å². The van der Waals surface area contributed by atoms with Crippen LogP contribution in [0.3, 0.4) is 0 Å². The first-order chi connectivity index (χ1) is 8.58. The molecule has 0 bridgehead atoms. The first-order valence-corrected chi connectivity index (χ1v) is 6.37. The van der Waals surface area contributed by atoms with Crippen molar-refractivity contribution in [1.29, 1.82) is 0 Å². The Labute approximate surface area is 118 Å². The highest BCUT2D eigenvalue weighted by Crippen LogP contribution is 2.21. The van der Waals surface area contributed by atoms with Crippen LogP contribution in [-0.4, -0.2) is 17.1 Å². The number of hydrogen-bond acceptors (Lipinski definition) is 3. The topological polar surface area (TPSA) is 50.3 Å². The Morgan fingerprint density at radius 3 is 2.83 bits per heavy atom. The molecule has 0 aliphatic rings. The van der Waals surface area contributed by atoms with Crippen molar-refractivity contribution in [2.45, 2.75) is 6.92 Å². The van der Waals surface area contributed by atoms with Crippen LogP contribution in [0.2, 0.25) is 5.02 Å². The molecule has 1 N–H and O–H groups in total. The smallest absolute Gasteiger partial charge is 0.237 e. The lowest BCUT2D eigenvalue weighted by atomic mass is 10.2. The van der Waals surface area contributed by atoms with E-state index in [0.29, 0.717) is 16.5 Å². The van der Waals surface area contributed by atoms with Gasteiger partial charge < -0.3 is 9.72 Å². The maximum absolute atomic E-state index is 5.88. The number of benzene rings is 1. The molecule has 0 saturated heterocycles. The van der Waals surface area contributed by atoms with Gasteiger partial charge in [-0.1, -0.05) is 27.5 Å². The zero-order valence-electron chi connectivity index (χ0n) is 9.87. The van der Waals surface area contributed by atoms with Crippen LogP contribution in [0.5, 0.6) is 5.88 Å². The Balaban J connectivity index is 2.50. The van der Waals surface area contributed by atoms with Crippen molar-refractivity contribution in [3.63, 3.8) is 0 Å². The molecule has 0 saturated carbocycles. The average Bonchev–Trinajstić information content (AvgIpc) is 2.30. The molecule has 0 atom stereocenters. The van der Waals surface area contributed by atoms with Gasteiger partial charge in [-0.2, -0.15) is 4.98 Å². The van der Waals surface area contributed by atoms with Crippen LogP contribution in [0, 0.1) is 6.92 Å². The molecule has 1 heterocycles. The molecule has 94 valence electrons. The molecule has 2 aromatic rings. The number of aromatic amines is 1. The van der Waals surface area contributed by atoms with Crippen LogP contribution in [0.25, 0.3) is 0 Å². The van der Waals surface area contributed by atoms with Crippen molar-refractivity contribution >= 4 is 33.2 Å². The van der Waals surface area contributed by atoms with Crippen molar-refractivity contribution in [3.05, 3.63) is 45.1 Å². The predicted octanol–water partition coefficient (Wildman–Crippen LogP) is 3.38. The Morgan fingerprint density at radius 1 is 1.39 bits per heavy atom. The van der Waals surface area contributed by atoms with Gasteiger partial charge in [0, 0.05) is 10.7 Å². The fourth-order valence-corrected chi connectivity index (χ4v) is 2.25. The molecule has 0 unspecified atom stereocenters. The largest absolute Gasteiger partial charge is 0.480 e. The van der Waals surface area contributed by atoms with E-state index in [2.05, 4.69) is 30.9 Å². The number of nitrogens with zero attached hydrogens (tertiary/aromatic N) is 2. The molecule has 0 aliphatic carbocycles. The summed E-state index contributed by atoms with van der Waals surface area (Å²) in [5.74, 6) is 0.348. The lowest BCUT2D eigenvalue weighted by Crippen LogP contribution is -2.12. The van der Waals surface area contributed by atoms with Gasteiger partial charge in [-0.15, -0.1) is 0 Å². The highest BCUT2D eigenvalue weighted by Gasteiger charge is 2.01. The third-order valence-electron chi connectivity index (χ3n) is 2.19. The van der Waals surface area contributed by atoms with Crippen LogP contribution < -0.4 is 10.4 Å². The number of ether oxygens (including phenoxy) is 1. The summed E-state index contributed by atoms with van der Waals surface area (Å²) in [6.45, 7) is 2.00. The monoisotopic (exact) mass is 327 g/mol. The molecule has 0 spiro atoms. The maximum atomic E-state index is 5.88. The van der Waals surface area contributed by atoms with E-state index in [-0.39, 0.29) is 0 Å². The minimum atomic E-state index is 0.348. The lowest BCUT2D eigenvalue weighted by molar-refractivity contribution is 0.395. The number of rotatable bonds is 2. The third kappa shape index (κ3) is 3.11. The summed E-state index contributed by atoms with van der Waals surface area (Å²) < 4.78 is 6.01. The molecule has 0 radical (unpaired) electrons. The van der Waals surface area contributed by atoms with E-state index in [1.54, 1.807) is 6.20 Å². The predicted molar refractivity (Wildman–Crippen MR) is 74.3 cm³/mol. The summed E-state index contributed by atoms with van der Waals surface area (Å²) in [5.41, 5.74) is 2.35. The van der Waals surface area contributed by atoms with Crippen LogP contribution in [0.15, 0.2) is 33.9 Å². The van der Waals surface area contributed by atoms with Gasteiger partial charge in [-0.25, -0.2) is 4.99 Å². The van der Waals surface area contributed by atoms with Gasteiger partial charge in [0.25, 0.3) is 0 Å². The normalized spacial score (nSPS) is 11.7. The van der Waals surface area contributed by atoms with Gasteiger partial charge in [-0.3, -0.25) is 0 Å². The van der Waals surface area contributed by atoms with E-state index >= 15 is 0 Å². The lowest BCUT2D eigenvalue weighted by Gasteiger charge is -2.01. The van der Waals surface area contributed by atoms with E-state index in [4.69, 9.17) is 16.3 Å². The number of methoxy groups -OCH3 is 1. The molecule has 0 aliphatic heterocycles. The Morgan fingerprint density at radius 2 is 2.17 bits per heavy atom. The number of H-pyrrole nitrogens is 1. The van der Waals surface area contributed by atoms with E-state index in [1.807, 2.05) is 25.1 Å². The molecule has 1 aromatic carbocycles. The van der Waals surface area contributed by atoms with Gasteiger partial charge in [0.1, 0.15) is 5.02 Å². The van der Waals surface area contributed by atoms with Crippen molar-refractivity contribution < 1.29 is 4.74 Å². The van der Waals surface area contributed by atoms with E-state index in [9.17, 15) is 0 Å². The van der Waals surface area contributed by atoms with Crippen molar-refractivity contribution in [3.8, 4) is 5.88 Å². The summed E-state index contributed by atoms with van der Waals surface area (Å²) in [6, 6.07) is 5.88. The van der Waals surface area contributed by atoms with Gasteiger partial charge in [0.15, 0.2) is 0 Å². The third-order valence-corrected chi connectivity index (χ3v) is 2.92. The molecule has 18 heavy (non-hydrogen) atoms. The SMILES string of the molecule is COc1n/c(=N\c2cc(C)cc(Br)c2)[nH]cc1Cl. The molecule has 4 nitrogen and oxygen atoms in total. The molecule has 1 aromatic heterocycles. The fraction of sp³-hybridized carbons (Fsp3) is 0.167. The van der Waals surface area contributed by atoms with Gasteiger partial charge >= 0.3 is 0 Å². The van der Waals surface area contributed by atoms with Gasteiger partial charge in [-0.05, 0) is 30.7 Å².